The van der Waals surface area contributed by atoms with Crippen LogP contribution in [0.3, 0.4) is 0 Å². The average Bonchev–Trinajstić information content (AvgIpc) is 3.06. The lowest BCUT2D eigenvalue weighted by molar-refractivity contribution is -0.115. The molecule has 2 aliphatic rings. The van der Waals surface area contributed by atoms with Gasteiger partial charge in [-0.05, 0) is 46.0 Å². The van der Waals surface area contributed by atoms with E-state index in [0.717, 1.165) is 43.5 Å². The number of carbonyl (C=O) groups excluding carboxylic acids is 2. The summed E-state index contributed by atoms with van der Waals surface area (Å²) >= 11 is 0. The van der Waals surface area contributed by atoms with E-state index in [1.54, 1.807) is 12.4 Å². The fourth-order valence-electron chi connectivity index (χ4n) is 3.54. The van der Waals surface area contributed by atoms with E-state index in [1.165, 1.54) is 0 Å². The largest absolute Gasteiger partial charge is 0.446 e. The van der Waals surface area contributed by atoms with Crippen molar-refractivity contribution in [1.29, 1.82) is 0 Å². The molecule has 0 radical (unpaired) electrons. The summed E-state index contributed by atoms with van der Waals surface area (Å²) in [6.07, 6.45) is 7.45. The van der Waals surface area contributed by atoms with Gasteiger partial charge in [-0.15, -0.1) is 0 Å². The van der Waals surface area contributed by atoms with Crippen LogP contribution in [0, 0.1) is 6.92 Å². The summed E-state index contributed by atoms with van der Waals surface area (Å²) in [6.45, 7) is 3.87. The van der Waals surface area contributed by atoms with Gasteiger partial charge in [0.05, 0.1) is 17.8 Å². The van der Waals surface area contributed by atoms with Gasteiger partial charge in [0.25, 0.3) is 0 Å². The number of aromatic amines is 1. The van der Waals surface area contributed by atoms with Crippen molar-refractivity contribution in [2.75, 3.05) is 5.32 Å². The van der Waals surface area contributed by atoms with Crippen LogP contribution < -0.4 is 10.6 Å². The number of ether oxygens (including phenoxy) is 1. The van der Waals surface area contributed by atoms with Crippen LogP contribution in [-0.4, -0.2) is 43.8 Å². The molecule has 2 heterocycles. The molecule has 0 bridgehead atoms. The number of H-pyrrole nitrogens is 1. The van der Waals surface area contributed by atoms with Crippen molar-refractivity contribution in [2.45, 2.75) is 69.9 Å². The average molecular weight is 398 g/mol. The van der Waals surface area contributed by atoms with Crippen LogP contribution in [0.1, 0.15) is 62.0 Å². The summed E-state index contributed by atoms with van der Waals surface area (Å²) in [5.41, 5.74) is 2.29. The SMILES string of the molecule is Cc1cnc(CC(=O)Nc2cc([C@H]3CC[C@@H](OC(=O)NC4(C)CC4)C3)[nH]n2)cn1. The van der Waals surface area contributed by atoms with Crippen molar-refractivity contribution in [2.24, 2.45) is 0 Å². The van der Waals surface area contributed by atoms with E-state index in [2.05, 4.69) is 30.8 Å². The maximum absolute atomic E-state index is 12.2. The molecule has 0 unspecified atom stereocenters. The molecule has 0 saturated heterocycles. The van der Waals surface area contributed by atoms with Gasteiger partial charge in [0.1, 0.15) is 6.10 Å². The molecule has 2 aliphatic carbocycles. The molecule has 2 aromatic heterocycles. The van der Waals surface area contributed by atoms with E-state index in [-0.39, 0.29) is 36.0 Å². The Morgan fingerprint density at radius 3 is 2.83 bits per heavy atom. The molecule has 2 aromatic rings. The minimum absolute atomic E-state index is 0.0737. The number of anilines is 1. The van der Waals surface area contributed by atoms with Gasteiger partial charge < -0.3 is 15.4 Å². The summed E-state index contributed by atoms with van der Waals surface area (Å²) in [5.74, 6) is 0.512. The molecule has 9 nitrogen and oxygen atoms in total. The second kappa shape index (κ2) is 7.81. The van der Waals surface area contributed by atoms with Gasteiger partial charge in [-0.25, -0.2) is 4.79 Å². The van der Waals surface area contributed by atoms with Gasteiger partial charge in [-0.3, -0.25) is 19.9 Å². The highest BCUT2D eigenvalue weighted by Gasteiger charge is 2.40. The molecule has 0 spiro atoms. The molecule has 29 heavy (non-hydrogen) atoms. The van der Waals surface area contributed by atoms with Crippen LogP contribution in [-0.2, 0) is 16.0 Å². The Balaban J connectivity index is 1.26. The topological polar surface area (TPSA) is 122 Å². The van der Waals surface area contributed by atoms with Gasteiger partial charge in [0.2, 0.25) is 5.91 Å². The molecule has 2 atom stereocenters. The fourth-order valence-corrected chi connectivity index (χ4v) is 3.54. The minimum atomic E-state index is -0.326. The molecule has 0 aliphatic heterocycles. The first-order valence-corrected chi connectivity index (χ1v) is 10.00. The third-order valence-electron chi connectivity index (χ3n) is 5.54. The lowest BCUT2D eigenvalue weighted by Crippen LogP contribution is -2.36. The zero-order valence-electron chi connectivity index (χ0n) is 16.7. The second-order valence-electron chi connectivity index (χ2n) is 8.31. The van der Waals surface area contributed by atoms with Gasteiger partial charge in [0, 0.05) is 35.6 Å². The first kappa shape index (κ1) is 19.4. The smallest absolute Gasteiger partial charge is 0.407 e. The molecular formula is C20H26N6O3. The molecule has 154 valence electrons. The molecule has 3 N–H and O–H groups in total. The summed E-state index contributed by atoms with van der Waals surface area (Å²) < 4.78 is 5.56. The monoisotopic (exact) mass is 398 g/mol. The molecule has 9 heteroatoms. The zero-order valence-corrected chi connectivity index (χ0v) is 16.7. The number of carbonyl (C=O) groups is 2. The molecule has 2 fully saturated rings. The lowest BCUT2D eigenvalue weighted by atomic mass is 10.0. The number of amides is 2. The Morgan fingerprint density at radius 1 is 1.28 bits per heavy atom. The quantitative estimate of drug-likeness (QED) is 0.687. The lowest BCUT2D eigenvalue weighted by Gasteiger charge is -2.16. The summed E-state index contributed by atoms with van der Waals surface area (Å²) in [5, 5.41) is 12.9. The Hall–Kier alpha value is -2.97. The number of hydrogen-bond acceptors (Lipinski definition) is 6. The maximum atomic E-state index is 12.2. The molecule has 2 amide bonds. The highest BCUT2D eigenvalue weighted by atomic mass is 16.6. The van der Waals surface area contributed by atoms with Crippen molar-refractivity contribution in [3.05, 3.63) is 35.5 Å². The predicted molar refractivity (Wildman–Crippen MR) is 105 cm³/mol. The number of hydrogen-bond donors (Lipinski definition) is 3. The number of nitrogens with one attached hydrogen (secondary N) is 3. The van der Waals surface area contributed by atoms with Gasteiger partial charge in [0.15, 0.2) is 5.82 Å². The standard InChI is InChI=1S/C20H26N6O3/c1-12-10-22-14(11-21-12)8-18(27)23-17-9-16(25-26-17)13-3-4-15(7-13)29-19(28)24-20(2)5-6-20/h9-11,13,15H,3-8H2,1-2H3,(H,24,28)(H2,23,25,26,27)/t13-,15+/m0/s1. The van der Waals surface area contributed by atoms with Crippen molar-refractivity contribution < 1.29 is 14.3 Å². The van der Waals surface area contributed by atoms with Crippen molar-refractivity contribution >= 4 is 17.8 Å². The summed E-state index contributed by atoms with van der Waals surface area (Å²) in [6, 6.07) is 1.84. The van der Waals surface area contributed by atoms with Crippen molar-refractivity contribution in [1.82, 2.24) is 25.5 Å². The van der Waals surface area contributed by atoms with Crippen LogP contribution in [0.2, 0.25) is 0 Å². The molecule has 4 rings (SSSR count). The molecular weight excluding hydrogens is 372 g/mol. The second-order valence-corrected chi connectivity index (χ2v) is 8.31. The zero-order chi connectivity index (χ0) is 20.4. The van der Waals surface area contributed by atoms with Gasteiger partial charge in [-0.2, -0.15) is 5.10 Å². The van der Waals surface area contributed by atoms with E-state index in [4.69, 9.17) is 4.74 Å². The summed E-state index contributed by atoms with van der Waals surface area (Å²) in [7, 11) is 0. The molecule has 2 saturated carbocycles. The van der Waals surface area contributed by atoms with E-state index in [9.17, 15) is 9.59 Å². The highest BCUT2D eigenvalue weighted by molar-refractivity contribution is 5.91. The van der Waals surface area contributed by atoms with Crippen molar-refractivity contribution in [3.63, 3.8) is 0 Å². The third kappa shape index (κ3) is 5.10. The number of aromatic nitrogens is 4. The van der Waals surface area contributed by atoms with E-state index in [0.29, 0.717) is 11.5 Å². The third-order valence-corrected chi connectivity index (χ3v) is 5.54. The normalized spacial score (nSPS) is 22.1. The number of nitrogens with zero attached hydrogens (tertiary/aromatic N) is 3. The van der Waals surface area contributed by atoms with Crippen LogP contribution in [0.15, 0.2) is 18.5 Å². The van der Waals surface area contributed by atoms with E-state index >= 15 is 0 Å². The van der Waals surface area contributed by atoms with E-state index in [1.807, 2.05) is 19.9 Å². The van der Waals surface area contributed by atoms with E-state index < -0.39 is 0 Å². The first-order chi connectivity index (χ1) is 13.9. The Morgan fingerprint density at radius 2 is 2.10 bits per heavy atom. The van der Waals surface area contributed by atoms with Crippen molar-refractivity contribution in [3.8, 4) is 0 Å². The Kier molecular flexibility index (Phi) is 5.21. The maximum Gasteiger partial charge on any atom is 0.407 e. The fraction of sp³-hybridized carbons (Fsp3) is 0.550. The minimum Gasteiger partial charge on any atom is -0.446 e. The number of aryl methyl sites for hydroxylation is 1. The Labute approximate surface area is 169 Å². The first-order valence-electron chi connectivity index (χ1n) is 10.00. The van der Waals surface area contributed by atoms with Crippen LogP contribution in [0.4, 0.5) is 10.6 Å². The Bertz CT molecular complexity index is 890. The van der Waals surface area contributed by atoms with Gasteiger partial charge in [-0.1, -0.05) is 0 Å². The number of alkyl carbamates (subject to hydrolysis) is 1. The summed E-state index contributed by atoms with van der Waals surface area (Å²) in [4.78, 5) is 32.5. The highest BCUT2D eigenvalue weighted by Crippen LogP contribution is 2.37. The van der Waals surface area contributed by atoms with Gasteiger partial charge >= 0.3 is 6.09 Å². The predicted octanol–water partition coefficient (Wildman–Crippen LogP) is 2.60. The van der Waals surface area contributed by atoms with Crippen LogP contribution >= 0.6 is 0 Å². The number of rotatable bonds is 6. The van der Waals surface area contributed by atoms with Crippen LogP contribution in [0.25, 0.3) is 0 Å². The van der Waals surface area contributed by atoms with Crippen LogP contribution in [0.5, 0.6) is 0 Å². The molecule has 0 aromatic carbocycles.